The van der Waals surface area contributed by atoms with Crippen molar-refractivity contribution in [3.8, 4) is 0 Å². The minimum absolute atomic E-state index is 0.0539. The molecule has 1 aromatic carbocycles. The number of aromatic nitrogens is 2. The molecule has 0 radical (unpaired) electrons. The lowest BCUT2D eigenvalue weighted by Crippen LogP contribution is -2.36. The number of nitrogen functional groups attached to an aromatic ring is 1. The van der Waals surface area contributed by atoms with Crippen LogP contribution in [0.2, 0.25) is 0 Å². The van der Waals surface area contributed by atoms with E-state index < -0.39 is 6.17 Å². The number of aryl methyl sites for hydroxylation is 1. The van der Waals surface area contributed by atoms with Crippen LogP contribution in [0.3, 0.4) is 0 Å². The molecule has 0 amide bonds. The van der Waals surface area contributed by atoms with E-state index in [9.17, 15) is 4.39 Å². The standard InChI is InChI=1S/C14H17FN4.C2H6/c1-8-4-9-6-18-14(16)19-13(9)5-11(8)10-2-3-17-7-12(10)15;1-2/h4-6,10,12,17H,2-3,7H2,1H3,(H2,16,18,19);1-2H3. The Morgan fingerprint density at radius 2 is 2.10 bits per heavy atom. The summed E-state index contributed by atoms with van der Waals surface area (Å²) in [6.07, 6.45) is 1.68. The smallest absolute Gasteiger partial charge is 0.220 e. The lowest BCUT2D eigenvalue weighted by molar-refractivity contribution is 0.231. The Hall–Kier alpha value is -1.75. The Labute approximate surface area is 125 Å². The van der Waals surface area contributed by atoms with E-state index in [-0.39, 0.29) is 11.9 Å². The van der Waals surface area contributed by atoms with Crippen LogP contribution < -0.4 is 11.1 Å². The van der Waals surface area contributed by atoms with E-state index >= 15 is 0 Å². The number of alkyl halides is 1. The third kappa shape index (κ3) is 3.29. The van der Waals surface area contributed by atoms with Crippen molar-refractivity contribution in [3.63, 3.8) is 0 Å². The molecule has 2 atom stereocenters. The van der Waals surface area contributed by atoms with Crippen LogP contribution in [0.5, 0.6) is 0 Å². The SMILES string of the molecule is CC.Cc1cc2cnc(N)nc2cc1C1CCNCC1F. The number of piperidine rings is 1. The van der Waals surface area contributed by atoms with Gasteiger partial charge in [-0.05, 0) is 43.1 Å². The van der Waals surface area contributed by atoms with Gasteiger partial charge in [0.25, 0.3) is 0 Å². The molecule has 2 heterocycles. The molecule has 114 valence electrons. The van der Waals surface area contributed by atoms with Gasteiger partial charge in [0.05, 0.1) is 5.52 Å². The van der Waals surface area contributed by atoms with Crippen molar-refractivity contribution in [1.82, 2.24) is 15.3 Å². The molecule has 5 heteroatoms. The maximum atomic E-state index is 14.1. The maximum Gasteiger partial charge on any atom is 0.220 e. The van der Waals surface area contributed by atoms with Gasteiger partial charge in [0.2, 0.25) is 5.95 Å². The fraction of sp³-hybridized carbons (Fsp3) is 0.500. The Morgan fingerprint density at radius 1 is 1.33 bits per heavy atom. The second-order valence-corrected chi connectivity index (χ2v) is 5.11. The number of hydrogen-bond acceptors (Lipinski definition) is 4. The number of nitrogens with two attached hydrogens (primary N) is 1. The number of nitrogens with one attached hydrogen (secondary N) is 1. The Balaban J connectivity index is 0.000000774. The number of hydrogen-bond donors (Lipinski definition) is 2. The molecule has 0 bridgehead atoms. The van der Waals surface area contributed by atoms with Gasteiger partial charge in [0.15, 0.2) is 0 Å². The topological polar surface area (TPSA) is 63.8 Å². The second kappa shape index (κ2) is 6.80. The molecule has 3 rings (SSSR count). The summed E-state index contributed by atoms with van der Waals surface area (Å²) in [5.41, 5.74) is 8.54. The fourth-order valence-electron chi connectivity index (χ4n) is 2.79. The van der Waals surface area contributed by atoms with Gasteiger partial charge in [-0.1, -0.05) is 13.8 Å². The average molecular weight is 290 g/mol. The molecular weight excluding hydrogens is 267 g/mol. The van der Waals surface area contributed by atoms with Crippen LogP contribution in [0.1, 0.15) is 37.3 Å². The predicted molar refractivity (Wildman–Crippen MR) is 85.2 cm³/mol. The fourth-order valence-corrected chi connectivity index (χ4v) is 2.79. The van der Waals surface area contributed by atoms with E-state index in [1.165, 1.54) is 0 Å². The summed E-state index contributed by atoms with van der Waals surface area (Å²) in [7, 11) is 0. The molecule has 1 aromatic heterocycles. The zero-order chi connectivity index (χ0) is 15.4. The highest BCUT2D eigenvalue weighted by Gasteiger charge is 2.27. The van der Waals surface area contributed by atoms with Gasteiger partial charge in [0.1, 0.15) is 6.17 Å². The van der Waals surface area contributed by atoms with E-state index in [0.717, 1.165) is 35.0 Å². The van der Waals surface area contributed by atoms with Crippen molar-refractivity contribution in [2.45, 2.75) is 39.3 Å². The molecular formula is C16H23FN4. The van der Waals surface area contributed by atoms with Crippen molar-refractivity contribution >= 4 is 16.9 Å². The molecule has 21 heavy (non-hydrogen) atoms. The highest BCUT2D eigenvalue weighted by Crippen LogP contribution is 2.32. The van der Waals surface area contributed by atoms with Crippen LogP contribution >= 0.6 is 0 Å². The van der Waals surface area contributed by atoms with Crippen LogP contribution in [0, 0.1) is 6.92 Å². The third-order valence-corrected chi connectivity index (χ3v) is 3.79. The summed E-state index contributed by atoms with van der Waals surface area (Å²) in [5.74, 6) is 0.200. The number of rotatable bonds is 1. The molecule has 0 spiro atoms. The summed E-state index contributed by atoms with van der Waals surface area (Å²) >= 11 is 0. The van der Waals surface area contributed by atoms with E-state index in [4.69, 9.17) is 5.73 Å². The quantitative estimate of drug-likeness (QED) is 0.847. The molecule has 1 saturated heterocycles. The first-order chi connectivity index (χ1) is 10.1. The van der Waals surface area contributed by atoms with Gasteiger partial charge >= 0.3 is 0 Å². The summed E-state index contributed by atoms with van der Waals surface area (Å²) in [4.78, 5) is 8.21. The van der Waals surface area contributed by atoms with Crippen LogP contribution in [0.15, 0.2) is 18.3 Å². The van der Waals surface area contributed by atoms with Crippen molar-refractivity contribution in [1.29, 1.82) is 0 Å². The van der Waals surface area contributed by atoms with E-state index in [1.807, 2.05) is 32.9 Å². The van der Waals surface area contributed by atoms with Crippen molar-refractivity contribution in [2.24, 2.45) is 0 Å². The largest absolute Gasteiger partial charge is 0.368 e. The van der Waals surface area contributed by atoms with Gasteiger partial charge in [-0.15, -0.1) is 0 Å². The normalized spacial score (nSPS) is 21.7. The van der Waals surface area contributed by atoms with E-state index in [2.05, 4.69) is 15.3 Å². The van der Waals surface area contributed by atoms with E-state index in [0.29, 0.717) is 6.54 Å². The predicted octanol–water partition coefficient (Wildman–Crippen LogP) is 2.96. The molecule has 2 unspecified atom stereocenters. The number of nitrogens with zero attached hydrogens (tertiary/aromatic N) is 2. The number of anilines is 1. The first kappa shape index (κ1) is 15.6. The molecule has 4 nitrogen and oxygen atoms in total. The van der Waals surface area contributed by atoms with E-state index in [1.54, 1.807) is 6.20 Å². The highest BCUT2D eigenvalue weighted by atomic mass is 19.1. The summed E-state index contributed by atoms with van der Waals surface area (Å²) in [5, 5.41) is 4.02. The minimum atomic E-state index is -0.843. The monoisotopic (exact) mass is 290 g/mol. The van der Waals surface area contributed by atoms with Crippen molar-refractivity contribution in [3.05, 3.63) is 29.5 Å². The maximum absolute atomic E-state index is 14.1. The Morgan fingerprint density at radius 3 is 2.81 bits per heavy atom. The molecule has 2 aromatic rings. The summed E-state index contributed by atoms with van der Waals surface area (Å²) in [6, 6.07) is 3.98. The minimum Gasteiger partial charge on any atom is -0.368 e. The third-order valence-electron chi connectivity index (χ3n) is 3.79. The molecule has 3 N–H and O–H groups in total. The van der Waals surface area contributed by atoms with Crippen LogP contribution in [-0.4, -0.2) is 29.2 Å². The van der Waals surface area contributed by atoms with Crippen molar-refractivity contribution < 1.29 is 4.39 Å². The lowest BCUT2D eigenvalue weighted by atomic mass is 9.85. The summed E-state index contributed by atoms with van der Waals surface area (Å²) < 4.78 is 14.1. The van der Waals surface area contributed by atoms with Gasteiger partial charge in [0, 0.05) is 24.0 Å². The van der Waals surface area contributed by atoms with Crippen LogP contribution in [0.25, 0.3) is 10.9 Å². The first-order valence-electron chi connectivity index (χ1n) is 7.52. The van der Waals surface area contributed by atoms with Gasteiger partial charge in [-0.25, -0.2) is 14.4 Å². The lowest BCUT2D eigenvalue weighted by Gasteiger charge is -2.28. The number of halogens is 1. The number of benzene rings is 1. The first-order valence-corrected chi connectivity index (χ1v) is 7.52. The Kier molecular flexibility index (Phi) is 5.07. The zero-order valence-corrected chi connectivity index (χ0v) is 12.9. The zero-order valence-electron chi connectivity index (χ0n) is 12.9. The molecule has 0 saturated carbocycles. The van der Waals surface area contributed by atoms with Crippen molar-refractivity contribution in [2.75, 3.05) is 18.8 Å². The Bertz CT molecular complexity index is 614. The van der Waals surface area contributed by atoms with Crippen LogP contribution in [-0.2, 0) is 0 Å². The van der Waals surface area contributed by atoms with Crippen LogP contribution in [0.4, 0.5) is 10.3 Å². The average Bonchev–Trinajstić information content (AvgIpc) is 2.50. The molecule has 1 aliphatic rings. The molecule has 0 aliphatic carbocycles. The van der Waals surface area contributed by atoms with Gasteiger partial charge < -0.3 is 11.1 Å². The summed E-state index contributed by atoms with van der Waals surface area (Å²) in [6.45, 7) is 7.29. The second-order valence-electron chi connectivity index (χ2n) is 5.11. The van der Waals surface area contributed by atoms with Gasteiger partial charge in [-0.2, -0.15) is 0 Å². The molecule has 1 aliphatic heterocycles. The highest BCUT2D eigenvalue weighted by molar-refractivity contribution is 5.80. The molecule has 1 fully saturated rings. The van der Waals surface area contributed by atoms with Gasteiger partial charge in [-0.3, -0.25) is 0 Å². The number of fused-ring (bicyclic) bond motifs is 1.